The van der Waals surface area contributed by atoms with E-state index in [4.69, 9.17) is 5.73 Å². The second kappa shape index (κ2) is 5.87. The van der Waals surface area contributed by atoms with Crippen LogP contribution in [0.25, 0.3) is 0 Å². The maximum Gasteiger partial charge on any atom is 0.242 e. The number of anilines is 2. The van der Waals surface area contributed by atoms with Gasteiger partial charge in [-0.3, -0.25) is 4.79 Å². The van der Waals surface area contributed by atoms with Gasteiger partial charge in [-0.25, -0.2) is 9.97 Å². The number of nitrogens with two attached hydrogens (primary N) is 1. The normalized spacial score (nSPS) is 14.9. The number of carbonyl (C=O) groups excluding carboxylic acids is 1. The Labute approximate surface area is 125 Å². The highest BCUT2D eigenvalue weighted by atomic mass is 16.1. The first-order chi connectivity index (χ1) is 9.85. The molecule has 1 saturated carbocycles. The Morgan fingerprint density at radius 2 is 1.95 bits per heavy atom. The minimum absolute atomic E-state index is 0.406. The fraction of sp³-hybridized carbons (Fsp3) is 0.667. The topological polar surface area (TPSA) is 92.9 Å². The number of rotatable bonds is 7. The third-order valence-electron chi connectivity index (χ3n) is 3.69. The fourth-order valence-electron chi connectivity index (χ4n) is 1.95. The number of primary amides is 1. The molecule has 21 heavy (non-hydrogen) atoms. The average molecular weight is 291 g/mol. The van der Waals surface area contributed by atoms with Crippen LogP contribution in [0.4, 0.5) is 11.6 Å². The highest BCUT2D eigenvalue weighted by Crippen LogP contribution is 2.39. The van der Waals surface area contributed by atoms with E-state index in [1.165, 1.54) is 0 Å². The second-order valence-corrected chi connectivity index (χ2v) is 6.22. The van der Waals surface area contributed by atoms with Crippen LogP contribution in [0.3, 0.4) is 0 Å². The fourth-order valence-corrected chi connectivity index (χ4v) is 1.95. The molecular weight excluding hydrogens is 266 g/mol. The van der Waals surface area contributed by atoms with Crippen molar-refractivity contribution in [1.82, 2.24) is 9.97 Å². The van der Waals surface area contributed by atoms with Crippen LogP contribution in [0, 0.1) is 6.92 Å². The van der Waals surface area contributed by atoms with Crippen molar-refractivity contribution in [2.45, 2.75) is 58.4 Å². The standard InChI is InChI=1S/C15H25N5O/c1-5-8-17-11-9(2)12(20-15(3,4)14(16)21)19-13(18-11)10-6-7-10/h10H,5-8H2,1-4H3,(H2,16,21)(H2,17,18,19,20). The SMILES string of the molecule is CCCNc1nc(C2CC2)nc(NC(C)(C)C(N)=O)c1C. The first kappa shape index (κ1) is 15.5. The van der Waals surface area contributed by atoms with Crippen molar-refractivity contribution < 1.29 is 4.79 Å². The number of nitrogens with zero attached hydrogens (tertiary/aromatic N) is 2. The van der Waals surface area contributed by atoms with E-state index in [1.807, 2.05) is 6.92 Å². The summed E-state index contributed by atoms with van der Waals surface area (Å²) in [5.41, 5.74) is 5.51. The first-order valence-electron chi connectivity index (χ1n) is 7.55. The Bertz CT molecular complexity index is 537. The van der Waals surface area contributed by atoms with Gasteiger partial charge in [0.25, 0.3) is 0 Å². The van der Waals surface area contributed by atoms with Gasteiger partial charge < -0.3 is 16.4 Å². The van der Waals surface area contributed by atoms with Gasteiger partial charge in [-0.05, 0) is 40.0 Å². The Kier molecular flexibility index (Phi) is 4.34. The number of aromatic nitrogens is 2. The van der Waals surface area contributed by atoms with Crippen LogP contribution in [-0.2, 0) is 4.79 Å². The summed E-state index contributed by atoms with van der Waals surface area (Å²) < 4.78 is 0. The molecule has 0 saturated heterocycles. The molecule has 1 aliphatic rings. The smallest absolute Gasteiger partial charge is 0.242 e. The van der Waals surface area contributed by atoms with Crippen molar-refractivity contribution in [1.29, 1.82) is 0 Å². The quantitative estimate of drug-likeness (QED) is 0.716. The maximum atomic E-state index is 11.5. The zero-order valence-electron chi connectivity index (χ0n) is 13.3. The predicted octanol–water partition coefficient (Wildman–Crippen LogP) is 2.16. The second-order valence-electron chi connectivity index (χ2n) is 6.22. The largest absolute Gasteiger partial charge is 0.370 e. The molecule has 6 nitrogen and oxygen atoms in total. The molecule has 1 fully saturated rings. The first-order valence-corrected chi connectivity index (χ1v) is 7.55. The van der Waals surface area contributed by atoms with E-state index in [0.717, 1.165) is 43.0 Å². The van der Waals surface area contributed by atoms with Crippen LogP contribution in [0.1, 0.15) is 57.3 Å². The molecule has 1 amide bonds. The number of carbonyl (C=O) groups is 1. The molecule has 0 spiro atoms. The van der Waals surface area contributed by atoms with Crippen molar-refractivity contribution in [3.63, 3.8) is 0 Å². The van der Waals surface area contributed by atoms with Gasteiger partial charge in [-0.2, -0.15) is 0 Å². The number of hydrogen-bond donors (Lipinski definition) is 3. The number of hydrogen-bond acceptors (Lipinski definition) is 5. The lowest BCUT2D eigenvalue weighted by Gasteiger charge is -2.25. The highest BCUT2D eigenvalue weighted by molar-refractivity contribution is 5.87. The van der Waals surface area contributed by atoms with Gasteiger partial charge >= 0.3 is 0 Å². The summed E-state index contributed by atoms with van der Waals surface area (Å²) >= 11 is 0. The van der Waals surface area contributed by atoms with E-state index >= 15 is 0 Å². The van der Waals surface area contributed by atoms with Gasteiger partial charge in [-0.1, -0.05) is 6.92 Å². The van der Waals surface area contributed by atoms with Crippen LogP contribution in [0.5, 0.6) is 0 Å². The van der Waals surface area contributed by atoms with Gasteiger partial charge in [0.05, 0.1) is 0 Å². The van der Waals surface area contributed by atoms with Crippen molar-refractivity contribution >= 4 is 17.5 Å². The number of amides is 1. The highest BCUT2D eigenvalue weighted by Gasteiger charge is 2.30. The molecule has 0 radical (unpaired) electrons. The van der Waals surface area contributed by atoms with E-state index in [1.54, 1.807) is 13.8 Å². The molecule has 1 heterocycles. The van der Waals surface area contributed by atoms with Gasteiger partial charge in [0.2, 0.25) is 5.91 Å². The Balaban J connectivity index is 2.34. The number of nitrogens with one attached hydrogen (secondary N) is 2. The van der Waals surface area contributed by atoms with Crippen LogP contribution in [0.2, 0.25) is 0 Å². The summed E-state index contributed by atoms with van der Waals surface area (Å²) in [6.45, 7) is 8.44. The molecule has 4 N–H and O–H groups in total. The molecule has 116 valence electrons. The molecule has 1 aromatic heterocycles. The van der Waals surface area contributed by atoms with Crippen LogP contribution < -0.4 is 16.4 Å². The van der Waals surface area contributed by atoms with Crippen LogP contribution in [0.15, 0.2) is 0 Å². The molecular formula is C15H25N5O. The van der Waals surface area contributed by atoms with E-state index in [-0.39, 0.29) is 0 Å². The lowest BCUT2D eigenvalue weighted by molar-refractivity contribution is -0.121. The van der Waals surface area contributed by atoms with Crippen molar-refractivity contribution in [2.24, 2.45) is 5.73 Å². The average Bonchev–Trinajstić information content (AvgIpc) is 3.23. The van der Waals surface area contributed by atoms with Gasteiger partial charge in [0, 0.05) is 18.0 Å². The Hall–Kier alpha value is -1.85. The molecule has 0 atom stereocenters. The summed E-state index contributed by atoms with van der Waals surface area (Å²) in [5.74, 6) is 2.43. The van der Waals surface area contributed by atoms with Crippen molar-refractivity contribution in [3.05, 3.63) is 11.4 Å². The molecule has 0 unspecified atom stereocenters. The van der Waals surface area contributed by atoms with E-state index in [2.05, 4.69) is 27.5 Å². The molecule has 2 rings (SSSR count). The summed E-state index contributed by atoms with van der Waals surface area (Å²) in [7, 11) is 0. The molecule has 0 bridgehead atoms. The summed E-state index contributed by atoms with van der Waals surface area (Å²) in [4.78, 5) is 20.8. The maximum absolute atomic E-state index is 11.5. The predicted molar refractivity (Wildman–Crippen MR) is 84.4 cm³/mol. The van der Waals surface area contributed by atoms with Crippen molar-refractivity contribution in [2.75, 3.05) is 17.2 Å². The third kappa shape index (κ3) is 3.62. The Morgan fingerprint density at radius 3 is 2.48 bits per heavy atom. The lowest BCUT2D eigenvalue weighted by atomic mass is 10.0. The summed E-state index contributed by atoms with van der Waals surface area (Å²) in [6.07, 6.45) is 3.29. The lowest BCUT2D eigenvalue weighted by Crippen LogP contribution is -2.45. The summed E-state index contributed by atoms with van der Waals surface area (Å²) in [5, 5.41) is 6.49. The van der Waals surface area contributed by atoms with E-state index in [0.29, 0.717) is 11.7 Å². The molecule has 1 aromatic rings. The molecule has 0 aromatic carbocycles. The van der Waals surface area contributed by atoms with Crippen LogP contribution in [-0.4, -0.2) is 28.0 Å². The minimum Gasteiger partial charge on any atom is -0.370 e. The van der Waals surface area contributed by atoms with Crippen LogP contribution >= 0.6 is 0 Å². The van der Waals surface area contributed by atoms with Gasteiger partial charge in [-0.15, -0.1) is 0 Å². The van der Waals surface area contributed by atoms with Gasteiger partial charge in [0.1, 0.15) is 23.0 Å². The Morgan fingerprint density at radius 1 is 1.33 bits per heavy atom. The summed E-state index contributed by atoms with van der Waals surface area (Å²) in [6, 6.07) is 0. The zero-order chi connectivity index (χ0) is 15.6. The zero-order valence-corrected chi connectivity index (χ0v) is 13.3. The molecule has 6 heteroatoms. The van der Waals surface area contributed by atoms with Gasteiger partial charge in [0.15, 0.2) is 0 Å². The van der Waals surface area contributed by atoms with E-state index in [9.17, 15) is 4.79 Å². The van der Waals surface area contributed by atoms with E-state index < -0.39 is 11.4 Å². The monoisotopic (exact) mass is 291 g/mol. The molecule has 0 aliphatic heterocycles. The third-order valence-corrected chi connectivity index (χ3v) is 3.69. The molecule has 1 aliphatic carbocycles. The minimum atomic E-state index is -0.845. The van der Waals surface area contributed by atoms with Crippen molar-refractivity contribution in [3.8, 4) is 0 Å².